The fourth-order valence-corrected chi connectivity index (χ4v) is 0.771. The first-order valence-electron chi connectivity index (χ1n) is 11.1. The van der Waals surface area contributed by atoms with Crippen LogP contribution in [0.25, 0.3) is 0 Å². The van der Waals surface area contributed by atoms with Crippen LogP contribution in [0.3, 0.4) is 0 Å². The standard InChI is InChI=1S/C5H5N.C4H4N2.C3H3N3.6C2H6/c1-2-4-6-5-3-1;1-2-5-4-6-3-1;1-4-2-6-3-5-1;6*1-2/h1-5H;1-4H;1-3H;6*1-2H3. The first-order valence-corrected chi connectivity index (χ1v) is 11.1. The minimum Gasteiger partial charge on any atom is -0.265 e. The smallest absolute Gasteiger partial charge is 0.119 e. The Labute approximate surface area is 187 Å². The third-order valence-corrected chi connectivity index (χ3v) is 1.44. The molecule has 0 fully saturated rings. The molecule has 30 heavy (non-hydrogen) atoms. The molecular formula is C24H48N6. The van der Waals surface area contributed by atoms with Crippen LogP contribution in [-0.2, 0) is 0 Å². The van der Waals surface area contributed by atoms with Crippen molar-refractivity contribution in [1.29, 1.82) is 0 Å². The van der Waals surface area contributed by atoms with Gasteiger partial charge in [0.2, 0.25) is 0 Å². The van der Waals surface area contributed by atoms with Gasteiger partial charge in [-0.1, -0.05) is 89.2 Å². The highest BCUT2D eigenvalue weighted by Gasteiger charge is 1.60. The Kier molecular flexibility index (Phi) is 99.7. The lowest BCUT2D eigenvalue weighted by atomic mass is 10.5. The summed E-state index contributed by atoms with van der Waals surface area (Å²) in [6.07, 6.45) is 12.7. The average molecular weight is 421 g/mol. The molecule has 0 radical (unpaired) electrons. The van der Waals surface area contributed by atoms with E-state index < -0.39 is 0 Å². The predicted molar refractivity (Wildman–Crippen MR) is 134 cm³/mol. The highest BCUT2D eigenvalue weighted by atomic mass is 14.9. The summed E-state index contributed by atoms with van der Waals surface area (Å²) in [5, 5.41) is 0. The molecule has 0 bridgehead atoms. The first-order chi connectivity index (χ1) is 15.0. The Morgan fingerprint density at radius 2 is 0.533 bits per heavy atom. The molecule has 0 aliphatic heterocycles. The van der Waals surface area contributed by atoms with E-state index in [1.807, 2.05) is 101 Å². The van der Waals surface area contributed by atoms with E-state index in [0.717, 1.165) is 0 Å². The average Bonchev–Trinajstić information content (AvgIpc) is 2.95. The Balaban J connectivity index is -0.0000000579. The van der Waals surface area contributed by atoms with Crippen LogP contribution in [0.15, 0.2) is 74.4 Å². The molecule has 6 heteroatoms. The second-order valence-electron chi connectivity index (χ2n) is 2.72. The summed E-state index contributed by atoms with van der Waals surface area (Å²) >= 11 is 0. The van der Waals surface area contributed by atoms with Gasteiger partial charge in [0.25, 0.3) is 0 Å². The lowest BCUT2D eigenvalue weighted by Crippen LogP contribution is -1.73. The first kappa shape index (κ1) is 41.6. The van der Waals surface area contributed by atoms with Gasteiger partial charge in [-0.05, 0) is 18.2 Å². The monoisotopic (exact) mass is 420 g/mol. The third-order valence-electron chi connectivity index (χ3n) is 1.44. The van der Waals surface area contributed by atoms with Crippen molar-refractivity contribution in [2.24, 2.45) is 0 Å². The molecule has 0 aromatic carbocycles. The molecule has 0 aliphatic rings. The van der Waals surface area contributed by atoms with Crippen LogP contribution in [0.5, 0.6) is 0 Å². The van der Waals surface area contributed by atoms with Gasteiger partial charge in [-0.15, -0.1) is 0 Å². The van der Waals surface area contributed by atoms with E-state index in [4.69, 9.17) is 0 Å². The zero-order chi connectivity index (χ0) is 24.7. The van der Waals surface area contributed by atoms with Crippen LogP contribution in [0, 0.1) is 0 Å². The zero-order valence-corrected chi connectivity index (χ0v) is 21.6. The van der Waals surface area contributed by atoms with Gasteiger partial charge in [0.05, 0.1) is 0 Å². The zero-order valence-electron chi connectivity index (χ0n) is 21.6. The van der Waals surface area contributed by atoms with Crippen molar-refractivity contribution in [2.45, 2.75) is 83.1 Å². The quantitative estimate of drug-likeness (QED) is 0.373. The van der Waals surface area contributed by atoms with Crippen molar-refractivity contribution in [3.63, 3.8) is 0 Å². The summed E-state index contributed by atoms with van der Waals surface area (Å²) < 4.78 is 0. The van der Waals surface area contributed by atoms with Gasteiger partial charge >= 0.3 is 0 Å². The normalized spacial score (nSPS) is 6.00. The lowest BCUT2D eigenvalue weighted by Gasteiger charge is -1.70. The fraction of sp³-hybridized carbons (Fsp3) is 0.500. The molecule has 6 nitrogen and oxygen atoms in total. The fourth-order valence-electron chi connectivity index (χ4n) is 0.771. The van der Waals surface area contributed by atoms with E-state index >= 15 is 0 Å². The van der Waals surface area contributed by atoms with Crippen LogP contribution in [-0.4, -0.2) is 29.9 Å². The maximum atomic E-state index is 3.78. The molecule has 0 amide bonds. The molecule has 3 heterocycles. The van der Waals surface area contributed by atoms with E-state index in [0.29, 0.717) is 0 Å². The van der Waals surface area contributed by atoms with E-state index in [1.54, 1.807) is 30.9 Å². The third kappa shape index (κ3) is 63.9. The van der Waals surface area contributed by atoms with Crippen molar-refractivity contribution in [2.75, 3.05) is 0 Å². The number of rotatable bonds is 0. The minimum absolute atomic E-state index is 1.44. The lowest BCUT2D eigenvalue weighted by molar-refractivity contribution is 1.05. The van der Waals surface area contributed by atoms with Gasteiger partial charge in [-0.25, -0.2) is 24.9 Å². The number of nitrogens with zero attached hydrogens (tertiary/aromatic N) is 6. The highest BCUT2D eigenvalue weighted by Crippen LogP contribution is 1.73. The molecule has 0 saturated carbocycles. The molecule has 0 spiro atoms. The Bertz CT molecular complexity index is 312. The molecular weight excluding hydrogens is 372 g/mol. The van der Waals surface area contributed by atoms with Crippen molar-refractivity contribution in [3.8, 4) is 0 Å². The van der Waals surface area contributed by atoms with E-state index in [-0.39, 0.29) is 0 Å². The van der Waals surface area contributed by atoms with Gasteiger partial charge in [-0.2, -0.15) is 0 Å². The Morgan fingerprint density at radius 1 is 0.267 bits per heavy atom. The number of aromatic nitrogens is 6. The molecule has 3 rings (SSSR count). The summed E-state index contributed by atoms with van der Waals surface area (Å²) in [5.74, 6) is 0. The highest BCUT2D eigenvalue weighted by molar-refractivity contribution is 4.88. The molecule has 3 aromatic heterocycles. The van der Waals surface area contributed by atoms with Crippen molar-refractivity contribution >= 4 is 0 Å². The van der Waals surface area contributed by atoms with Crippen LogP contribution >= 0.6 is 0 Å². The number of hydrogen-bond donors (Lipinski definition) is 0. The second-order valence-corrected chi connectivity index (χ2v) is 2.72. The molecule has 0 atom stereocenters. The van der Waals surface area contributed by atoms with Crippen LogP contribution in [0.1, 0.15) is 83.1 Å². The Hall–Kier alpha value is -2.76. The minimum atomic E-state index is 1.44. The van der Waals surface area contributed by atoms with Gasteiger partial charge in [0.1, 0.15) is 25.3 Å². The van der Waals surface area contributed by atoms with Gasteiger partial charge in [-0.3, -0.25) is 4.98 Å². The molecule has 0 N–H and O–H groups in total. The van der Waals surface area contributed by atoms with Crippen LogP contribution < -0.4 is 0 Å². The summed E-state index contributed by atoms with van der Waals surface area (Å²) in [4.78, 5) is 21.8. The largest absolute Gasteiger partial charge is 0.265 e. The maximum absolute atomic E-state index is 3.78. The molecule has 0 saturated heterocycles. The summed E-state index contributed by atoms with van der Waals surface area (Å²) in [6, 6.07) is 7.49. The summed E-state index contributed by atoms with van der Waals surface area (Å²) in [6.45, 7) is 24.0. The molecule has 174 valence electrons. The van der Waals surface area contributed by atoms with Crippen molar-refractivity contribution in [1.82, 2.24) is 29.9 Å². The van der Waals surface area contributed by atoms with Gasteiger partial charge in [0, 0.05) is 24.8 Å². The summed E-state index contributed by atoms with van der Waals surface area (Å²) in [5.41, 5.74) is 0. The van der Waals surface area contributed by atoms with E-state index in [1.165, 1.54) is 25.3 Å². The SMILES string of the molecule is CC.CC.CC.CC.CC.CC.c1ccncc1.c1cncnc1.c1ncncn1. The molecule has 3 aromatic rings. The van der Waals surface area contributed by atoms with Gasteiger partial charge in [0.15, 0.2) is 0 Å². The van der Waals surface area contributed by atoms with Crippen molar-refractivity contribution < 1.29 is 0 Å². The van der Waals surface area contributed by atoms with Crippen LogP contribution in [0.4, 0.5) is 0 Å². The van der Waals surface area contributed by atoms with Crippen molar-refractivity contribution in [3.05, 3.63) is 74.4 Å². The summed E-state index contributed by atoms with van der Waals surface area (Å²) in [7, 11) is 0. The Morgan fingerprint density at radius 3 is 0.633 bits per heavy atom. The molecule has 0 aliphatic carbocycles. The number of pyridine rings is 1. The predicted octanol–water partition coefficient (Wildman–Crippen LogP) is 7.59. The maximum Gasteiger partial charge on any atom is 0.119 e. The second kappa shape index (κ2) is 72.0. The molecule has 0 unspecified atom stereocenters. The van der Waals surface area contributed by atoms with E-state index in [9.17, 15) is 0 Å². The van der Waals surface area contributed by atoms with E-state index in [2.05, 4.69) is 29.9 Å². The topological polar surface area (TPSA) is 77.3 Å². The van der Waals surface area contributed by atoms with Gasteiger partial charge < -0.3 is 0 Å². The van der Waals surface area contributed by atoms with Crippen LogP contribution in [0.2, 0.25) is 0 Å². The number of hydrogen-bond acceptors (Lipinski definition) is 6.